The van der Waals surface area contributed by atoms with Gasteiger partial charge < -0.3 is 9.64 Å². The number of aryl methyl sites for hydroxylation is 2. The molecule has 2 aliphatic rings. The summed E-state index contributed by atoms with van der Waals surface area (Å²) in [5.41, 5.74) is 3.68. The minimum absolute atomic E-state index is 0.243. The Labute approximate surface area is 156 Å². The summed E-state index contributed by atoms with van der Waals surface area (Å²) in [7, 11) is 0. The Morgan fingerprint density at radius 2 is 1.81 bits per heavy atom. The van der Waals surface area contributed by atoms with Crippen molar-refractivity contribution in [2.45, 2.75) is 13.8 Å². The van der Waals surface area contributed by atoms with Gasteiger partial charge in [-0.25, -0.2) is 4.90 Å². The number of thiophene rings is 1. The monoisotopic (exact) mass is 368 g/mol. The Morgan fingerprint density at radius 3 is 2.46 bits per heavy atom. The molecule has 134 valence electrons. The second-order valence-electron chi connectivity index (χ2n) is 6.54. The molecule has 1 aromatic carbocycles. The van der Waals surface area contributed by atoms with E-state index in [-0.39, 0.29) is 11.8 Å². The van der Waals surface area contributed by atoms with Crippen LogP contribution in [0, 0.1) is 13.8 Å². The highest BCUT2D eigenvalue weighted by Gasteiger charge is 2.43. The minimum Gasteiger partial charge on any atom is -0.378 e. The van der Waals surface area contributed by atoms with Crippen LogP contribution in [-0.2, 0) is 14.3 Å². The van der Waals surface area contributed by atoms with Crippen LogP contribution in [0.5, 0.6) is 0 Å². The van der Waals surface area contributed by atoms with Crippen molar-refractivity contribution in [1.82, 2.24) is 4.90 Å². The summed E-state index contributed by atoms with van der Waals surface area (Å²) in [6.45, 7) is 6.28. The van der Waals surface area contributed by atoms with Crippen molar-refractivity contribution in [1.29, 1.82) is 0 Å². The molecule has 0 unspecified atom stereocenters. The van der Waals surface area contributed by atoms with Crippen molar-refractivity contribution in [3.8, 4) is 0 Å². The zero-order valence-electron chi connectivity index (χ0n) is 14.8. The van der Waals surface area contributed by atoms with E-state index in [1.165, 1.54) is 16.2 Å². The average molecular weight is 368 g/mol. The third kappa shape index (κ3) is 2.75. The predicted octanol–water partition coefficient (Wildman–Crippen LogP) is 2.98. The largest absolute Gasteiger partial charge is 0.378 e. The van der Waals surface area contributed by atoms with Crippen LogP contribution in [0.4, 0.5) is 5.69 Å². The zero-order chi connectivity index (χ0) is 18.3. The lowest BCUT2D eigenvalue weighted by atomic mass is 10.1. The van der Waals surface area contributed by atoms with Gasteiger partial charge in [0, 0.05) is 18.0 Å². The van der Waals surface area contributed by atoms with Crippen LogP contribution in [0.2, 0.25) is 0 Å². The molecule has 1 aromatic heterocycles. The van der Waals surface area contributed by atoms with E-state index in [0.29, 0.717) is 43.3 Å². The van der Waals surface area contributed by atoms with Gasteiger partial charge in [0.25, 0.3) is 11.8 Å². The zero-order valence-corrected chi connectivity index (χ0v) is 15.6. The van der Waals surface area contributed by atoms with E-state index in [2.05, 4.69) is 0 Å². The molecule has 0 spiro atoms. The number of morpholine rings is 1. The van der Waals surface area contributed by atoms with Crippen LogP contribution in [0.25, 0.3) is 5.57 Å². The van der Waals surface area contributed by atoms with Gasteiger partial charge in [-0.15, -0.1) is 11.3 Å². The molecular weight excluding hydrogens is 348 g/mol. The Morgan fingerprint density at radius 1 is 1.04 bits per heavy atom. The van der Waals surface area contributed by atoms with Gasteiger partial charge in [-0.1, -0.05) is 23.8 Å². The van der Waals surface area contributed by atoms with Crippen LogP contribution < -0.4 is 4.90 Å². The Bertz CT molecular complexity index is 896. The second kappa shape index (κ2) is 6.70. The quantitative estimate of drug-likeness (QED) is 0.782. The number of anilines is 1. The van der Waals surface area contributed by atoms with Crippen LogP contribution in [0.3, 0.4) is 0 Å². The predicted molar refractivity (Wildman–Crippen MR) is 102 cm³/mol. The molecule has 0 N–H and O–H groups in total. The third-order valence-corrected chi connectivity index (χ3v) is 5.63. The number of imide groups is 1. The van der Waals surface area contributed by atoms with Gasteiger partial charge >= 0.3 is 0 Å². The molecule has 2 aliphatic heterocycles. The highest BCUT2D eigenvalue weighted by atomic mass is 32.1. The first-order valence-corrected chi connectivity index (χ1v) is 9.53. The second-order valence-corrected chi connectivity index (χ2v) is 7.48. The summed E-state index contributed by atoms with van der Waals surface area (Å²) in [6.07, 6.45) is 0. The average Bonchev–Trinajstić information content (AvgIpc) is 3.23. The Balaban J connectivity index is 1.82. The molecule has 1 fully saturated rings. The molecule has 6 heteroatoms. The molecule has 26 heavy (non-hydrogen) atoms. The number of carbonyl (C=O) groups excluding carboxylic acids is 2. The van der Waals surface area contributed by atoms with Gasteiger partial charge in [-0.2, -0.15) is 0 Å². The highest BCUT2D eigenvalue weighted by Crippen LogP contribution is 2.37. The minimum atomic E-state index is -0.245. The van der Waals surface area contributed by atoms with Gasteiger partial charge in [0.15, 0.2) is 0 Å². The summed E-state index contributed by atoms with van der Waals surface area (Å²) in [4.78, 5) is 30.8. The van der Waals surface area contributed by atoms with Crippen LogP contribution in [0.1, 0.15) is 16.0 Å². The molecule has 0 atom stereocenters. The molecule has 5 nitrogen and oxygen atoms in total. The maximum Gasteiger partial charge on any atom is 0.282 e. The first-order chi connectivity index (χ1) is 12.6. The van der Waals surface area contributed by atoms with Crippen LogP contribution >= 0.6 is 11.3 Å². The number of benzene rings is 1. The lowest BCUT2D eigenvalue weighted by Gasteiger charge is -2.29. The first-order valence-electron chi connectivity index (χ1n) is 8.65. The molecule has 3 heterocycles. The summed E-state index contributed by atoms with van der Waals surface area (Å²) in [6, 6.07) is 9.58. The van der Waals surface area contributed by atoms with Crippen molar-refractivity contribution in [2.75, 3.05) is 31.2 Å². The lowest BCUT2D eigenvalue weighted by molar-refractivity contribution is -0.121. The fraction of sp³-hybridized carbons (Fsp3) is 0.300. The fourth-order valence-electron chi connectivity index (χ4n) is 3.52. The molecule has 2 amide bonds. The van der Waals surface area contributed by atoms with Crippen molar-refractivity contribution in [3.05, 3.63) is 57.4 Å². The van der Waals surface area contributed by atoms with Gasteiger partial charge in [0.2, 0.25) is 0 Å². The highest BCUT2D eigenvalue weighted by molar-refractivity contribution is 7.11. The smallest absolute Gasteiger partial charge is 0.282 e. The number of rotatable bonds is 3. The maximum absolute atomic E-state index is 13.3. The van der Waals surface area contributed by atoms with Gasteiger partial charge in [-0.05, 0) is 36.9 Å². The van der Waals surface area contributed by atoms with E-state index in [4.69, 9.17) is 4.74 Å². The molecule has 1 saturated heterocycles. The van der Waals surface area contributed by atoms with Crippen molar-refractivity contribution in [2.24, 2.45) is 0 Å². The fourth-order valence-corrected chi connectivity index (χ4v) is 4.28. The number of hydrogen-bond donors (Lipinski definition) is 0. The van der Waals surface area contributed by atoms with E-state index in [1.807, 2.05) is 54.5 Å². The SMILES string of the molecule is Cc1ccc(N2C(=O)C(c3cccs3)=C(N3CCOCC3)C2=O)c(C)c1. The number of ether oxygens (including phenoxy) is 1. The van der Waals surface area contributed by atoms with Gasteiger partial charge in [-0.3, -0.25) is 9.59 Å². The van der Waals surface area contributed by atoms with Gasteiger partial charge in [0.05, 0.1) is 24.5 Å². The number of carbonyl (C=O) groups is 2. The molecular formula is C20H20N2O3S. The molecule has 0 saturated carbocycles. The standard InChI is InChI=1S/C20H20N2O3S/c1-13-5-6-15(14(2)12-13)22-19(23)17(16-4-3-11-26-16)18(20(22)24)21-7-9-25-10-8-21/h3-6,11-12H,7-10H2,1-2H3. The van der Waals surface area contributed by atoms with Crippen LogP contribution in [0.15, 0.2) is 41.4 Å². The first kappa shape index (κ1) is 17.0. The Hall–Kier alpha value is -2.44. The third-order valence-electron chi connectivity index (χ3n) is 4.75. The Kier molecular flexibility index (Phi) is 4.38. The summed E-state index contributed by atoms with van der Waals surface area (Å²) in [5, 5.41) is 1.93. The van der Waals surface area contributed by atoms with Gasteiger partial charge in [0.1, 0.15) is 5.70 Å². The lowest BCUT2D eigenvalue weighted by Crippen LogP contribution is -2.40. The van der Waals surface area contributed by atoms with E-state index < -0.39 is 0 Å². The molecule has 0 aliphatic carbocycles. The van der Waals surface area contributed by atoms with E-state index >= 15 is 0 Å². The van der Waals surface area contributed by atoms with Crippen molar-refractivity contribution in [3.63, 3.8) is 0 Å². The van der Waals surface area contributed by atoms with Crippen molar-refractivity contribution >= 4 is 34.4 Å². The van der Waals surface area contributed by atoms with E-state index in [0.717, 1.165) is 16.0 Å². The molecule has 0 radical (unpaired) electrons. The topological polar surface area (TPSA) is 49.9 Å². The van der Waals surface area contributed by atoms with E-state index in [1.54, 1.807) is 0 Å². The molecule has 0 bridgehead atoms. The summed E-state index contributed by atoms with van der Waals surface area (Å²) >= 11 is 1.48. The normalized spacial score (nSPS) is 18.2. The summed E-state index contributed by atoms with van der Waals surface area (Å²) in [5.74, 6) is -0.488. The molecule has 4 rings (SSSR count). The summed E-state index contributed by atoms with van der Waals surface area (Å²) < 4.78 is 5.42. The number of hydrogen-bond acceptors (Lipinski definition) is 5. The number of amides is 2. The van der Waals surface area contributed by atoms with Crippen LogP contribution in [-0.4, -0.2) is 43.0 Å². The van der Waals surface area contributed by atoms with E-state index in [9.17, 15) is 9.59 Å². The maximum atomic E-state index is 13.3. The number of nitrogens with zero attached hydrogens (tertiary/aromatic N) is 2. The molecule has 2 aromatic rings. The van der Waals surface area contributed by atoms with Crippen molar-refractivity contribution < 1.29 is 14.3 Å².